The Hall–Kier alpha value is -1.39. The molecule has 84 valence electrons. The molecule has 0 aliphatic rings. The zero-order valence-electron chi connectivity index (χ0n) is 9.32. The van der Waals surface area contributed by atoms with Gasteiger partial charge in [0, 0.05) is 5.92 Å². The van der Waals surface area contributed by atoms with Gasteiger partial charge in [-0.1, -0.05) is 20.3 Å². The minimum absolute atomic E-state index is 0.0604. The van der Waals surface area contributed by atoms with E-state index in [0.29, 0.717) is 12.5 Å². The van der Waals surface area contributed by atoms with E-state index >= 15 is 0 Å². The van der Waals surface area contributed by atoms with E-state index in [9.17, 15) is 4.79 Å². The first-order chi connectivity index (χ1) is 7.19. The highest BCUT2D eigenvalue weighted by molar-refractivity contribution is 5.83. The molecule has 0 aliphatic carbocycles. The van der Waals surface area contributed by atoms with E-state index in [0.717, 1.165) is 12.8 Å². The van der Waals surface area contributed by atoms with Gasteiger partial charge in [-0.25, -0.2) is 4.79 Å². The fraction of sp³-hybridized carbons (Fsp3) is 0.700. The van der Waals surface area contributed by atoms with Gasteiger partial charge >= 0.3 is 11.9 Å². The molecule has 0 amide bonds. The molecule has 0 saturated heterocycles. The highest BCUT2D eigenvalue weighted by Crippen LogP contribution is 2.18. The highest BCUT2D eigenvalue weighted by Gasteiger charge is 2.18. The maximum Gasteiger partial charge on any atom is 0.396 e. The lowest BCUT2D eigenvalue weighted by atomic mass is 10.1. The fourth-order valence-electron chi connectivity index (χ4n) is 1.27. The van der Waals surface area contributed by atoms with Crippen molar-refractivity contribution in [3.05, 3.63) is 11.8 Å². The number of ether oxygens (including phenoxy) is 1. The molecule has 1 unspecified atom stereocenters. The summed E-state index contributed by atoms with van der Waals surface area (Å²) >= 11 is 0. The number of aromatic nitrogens is 2. The quantitative estimate of drug-likeness (QED) is 0.699. The summed E-state index contributed by atoms with van der Waals surface area (Å²) in [7, 11) is 0. The maximum atomic E-state index is 11.2. The summed E-state index contributed by atoms with van der Waals surface area (Å²) in [6.07, 6.45) is 2.00. The molecule has 0 bridgehead atoms. The third kappa shape index (κ3) is 3.04. The summed E-state index contributed by atoms with van der Waals surface area (Å²) in [6, 6.07) is 0. The normalized spacial score (nSPS) is 12.5. The SMILES string of the molecule is CCCC(C)c1nnc(C(=O)OCC)o1. The van der Waals surface area contributed by atoms with Crippen LogP contribution in [0.3, 0.4) is 0 Å². The largest absolute Gasteiger partial charge is 0.459 e. The van der Waals surface area contributed by atoms with E-state index < -0.39 is 5.97 Å². The third-order valence-corrected chi connectivity index (χ3v) is 2.03. The van der Waals surface area contributed by atoms with Crippen LogP contribution in [0.1, 0.15) is 56.1 Å². The Bertz CT molecular complexity index is 322. The second-order valence-corrected chi connectivity index (χ2v) is 3.36. The van der Waals surface area contributed by atoms with Crippen molar-refractivity contribution in [3.8, 4) is 0 Å². The predicted molar refractivity (Wildman–Crippen MR) is 53.6 cm³/mol. The Morgan fingerprint density at radius 2 is 2.20 bits per heavy atom. The lowest BCUT2D eigenvalue weighted by molar-refractivity contribution is 0.0478. The van der Waals surface area contributed by atoms with Crippen molar-refractivity contribution >= 4 is 5.97 Å². The van der Waals surface area contributed by atoms with E-state index in [1.807, 2.05) is 6.92 Å². The van der Waals surface area contributed by atoms with E-state index in [2.05, 4.69) is 17.1 Å². The summed E-state index contributed by atoms with van der Waals surface area (Å²) < 4.78 is 9.96. The second kappa shape index (κ2) is 5.48. The van der Waals surface area contributed by atoms with Crippen molar-refractivity contribution in [2.75, 3.05) is 6.61 Å². The Morgan fingerprint density at radius 1 is 1.47 bits per heavy atom. The van der Waals surface area contributed by atoms with Gasteiger partial charge in [0.15, 0.2) is 0 Å². The van der Waals surface area contributed by atoms with Gasteiger partial charge in [-0.3, -0.25) is 0 Å². The first-order valence-electron chi connectivity index (χ1n) is 5.19. The highest BCUT2D eigenvalue weighted by atomic mass is 16.5. The zero-order chi connectivity index (χ0) is 11.3. The lowest BCUT2D eigenvalue weighted by Crippen LogP contribution is -2.04. The molecule has 5 heteroatoms. The second-order valence-electron chi connectivity index (χ2n) is 3.36. The number of hydrogen-bond donors (Lipinski definition) is 0. The smallest absolute Gasteiger partial charge is 0.396 e. The fourth-order valence-corrected chi connectivity index (χ4v) is 1.27. The first-order valence-corrected chi connectivity index (χ1v) is 5.19. The van der Waals surface area contributed by atoms with E-state index in [4.69, 9.17) is 9.15 Å². The predicted octanol–water partition coefficient (Wildman–Crippen LogP) is 2.15. The molecule has 0 fully saturated rings. The summed E-state index contributed by atoms with van der Waals surface area (Å²) in [5.74, 6) is 0.0698. The molecule has 0 aromatic carbocycles. The Labute approximate surface area is 88.8 Å². The van der Waals surface area contributed by atoms with E-state index in [1.165, 1.54) is 0 Å². The van der Waals surface area contributed by atoms with E-state index in [-0.39, 0.29) is 11.8 Å². The van der Waals surface area contributed by atoms with Crippen LogP contribution in [0.2, 0.25) is 0 Å². The van der Waals surface area contributed by atoms with Crippen LogP contribution in [0.4, 0.5) is 0 Å². The van der Waals surface area contributed by atoms with Crippen LogP contribution in [-0.4, -0.2) is 22.8 Å². The molecule has 0 spiro atoms. The minimum atomic E-state index is -0.556. The zero-order valence-corrected chi connectivity index (χ0v) is 9.32. The molecule has 0 N–H and O–H groups in total. The standard InChI is InChI=1S/C10H16N2O3/c1-4-6-7(3)8-11-12-9(15-8)10(13)14-5-2/h7H,4-6H2,1-3H3. The molecule has 0 aliphatic heterocycles. The molecule has 1 atom stereocenters. The van der Waals surface area contributed by atoms with Gasteiger partial charge < -0.3 is 9.15 Å². The summed E-state index contributed by atoms with van der Waals surface area (Å²) in [4.78, 5) is 11.2. The molecule has 1 aromatic heterocycles. The Balaban J connectivity index is 2.67. The van der Waals surface area contributed by atoms with Crippen molar-refractivity contribution in [2.24, 2.45) is 0 Å². The van der Waals surface area contributed by atoms with Gasteiger partial charge in [0.2, 0.25) is 5.89 Å². The lowest BCUT2D eigenvalue weighted by Gasteiger charge is -2.02. The van der Waals surface area contributed by atoms with Gasteiger partial charge in [-0.15, -0.1) is 10.2 Å². The minimum Gasteiger partial charge on any atom is -0.459 e. The topological polar surface area (TPSA) is 65.2 Å². The van der Waals surface area contributed by atoms with Crippen LogP contribution in [0.5, 0.6) is 0 Å². The molecule has 5 nitrogen and oxygen atoms in total. The number of rotatable bonds is 5. The summed E-state index contributed by atoms with van der Waals surface area (Å²) in [6.45, 7) is 6.11. The van der Waals surface area contributed by atoms with Crippen LogP contribution >= 0.6 is 0 Å². The van der Waals surface area contributed by atoms with Crippen molar-refractivity contribution in [1.82, 2.24) is 10.2 Å². The van der Waals surface area contributed by atoms with Gasteiger partial charge in [0.05, 0.1) is 6.61 Å². The monoisotopic (exact) mass is 212 g/mol. The van der Waals surface area contributed by atoms with Crippen molar-refractivity contribution in [3.63, 3.8) is 0 Å². The van der Waals surface area contributed by atoms with Gasteiger partial charge in [0.1, 0.15) is 0 Å². The number of nitrogens with zero attached hydrogens (tertiary/aromatic N) is 2. The molecule has 1 rings (SSSR count). The number of esters is 1. The van der Waals surface area contributed by atoms with Gasteiger partial charge in [-0.05, 0) is 13.3 Å². The Morgan fingerprint density at radius 3 is 2.80 bits per heavy atom. The average Bonchev–Trinajstić information content (AvgIpc) is 2.67. The maximum absolute atomic E-state index is 11.2. The number of hydrogen-bond acceptors (Lipinski definition) is 5. The average molecular weight is 212 g/mol. The van der Waals surface area contributed by atoms with Crippen molar-refractivity contribution < 1.29 is 13.9 Å². The molecule has 15 heavy (non-hydrogen) atoms. The van der Waals surface area contributed by atoms with E-state index in [1.54, 1.807) is 6.92 Å². The molecule has 1 heterocycles. The van der Waals surface area contributed by atoms with Crippen LogP contribution in [0.25, 0.3) is 0 Å². The first kappa shape index (κ1) is 11.7. The number of carbonyl (C=O) groups excluding carboxylic acids is 1. The third-order valence-electron chi connectivity index (χ3n) is 2.03. The Kier molecular flexibility index (Phi) is 4.27. The summed E-state index contributed by atoms with van der Waals surface area (Å²) in [5, 5.41) is 7.47. The van der Waals surface area contributed by atoms with Crippen LogP contribution in [0.15, 0.2) is 4.42 Å². The molecule has 0 saturated carbocycles. The van der Waals surface area contributed by atoms with Gasteiger partial charge in [0.25, 0.3) is 0 Å². The number of carbonyl (C=O) groups is 1. The van der Waals surface area contributed by atoms with Crippen molar-refractivity contribution in [1.29, 1.82) is 0 Å². The molecular formula is C10H16N2O3. The molecular weight excluding hydrogens is 196 g/mol. The molecule has 0 radical (unpaired) electrons. The van der Waals surface area contributed by atoms with Crippen LogP contribution in [-0.2, 0) is 4.74 Å². The van der Waals surface area contributed by atoms with Gasteiger partial charge in [-0.2, -0.15) is 0 Å². The van der Waals surface area contributed by atoms with Crippen LogP contribution < -0.4 is 0 Å². The van der Waals surface area contributed by atoms with Crippen LogP contribution in [0, 0.1) is 0 Å². The summed E-state index contributed by atoms with van der Waals surface area (Å²) in [5.41, 5.74) is 0. The van der Waals surface area contributed by atoms with Crippen molar-refractivity contribution in [2.45, 2.75) is 39.5 Å². The molecule has 1 aromatic rings.